The molecule has 7 nitrogen and oxygen atoms in total. The number of anilines is 1. The summed E-state index contributed by atoms with van der Waals surface area (Å²) in [6, 6.07) is 23.8. The molecule has 0 saturated heterocycles. The van der Waals surface area contributed by atoms with E-state index in [4.69, 9.17) is 4.74 Å². The van der Waals surface area contributed by atoms with Crippen molar-refractivity contribution in [1.29, 1.82) is 0 Å². The highest BCUT2D eigenvalue weighted by Crippen LogP contribution is 2.23. The highest BCUT2D eigenvalue weighted by molar-refractivity contribution is 5.97. The molecule has 0 bridgehead atoms. The van der Waals surface area contributed by atoms with Crippen LogP contribution in [0.25, 0.3) is 11.1 Å². The smallest absolute Gasteiger partial charge is 0.279 e. The molecule has 3 amide bonds. The normalized spacial score (nSPS) is 11.2. The SMILES string of the molecule is CCC(=O)Nc1ccc(C(=O)NNC(=O)C(CC)Oc2ccc(-c3ccccc3)cc2)cc1. The Kier molecular flexibility index (Phi) is 8.18. The molecule has 0 aliphatic carbocycles. The summed E-state index contributed by atoms with van der Waals surface area (Å²) in [6.07, 6.45) is 0.0274. The molecule has 1 atom stereocenters. The monoisotopic (exact) mass is 445 g/mol. The minimum absolute atomic E-state index is 0.111. The van der Waals surface area contributed by atoms with Crippen LogP contribution in [-0.2, 0) is 9.59 Å². The van der Waals surface area contributed by atoms with Crippen molar-refractivity contribution >= 4 is 23.4 Å². The van der Waals surface area contributed by atoms with Crippen LogP contribution in [0.15, 0.2) is 78.9 Å². The van der Waals surface area contributed by atoms with E-state index in [-0.39, 0.29) is 5.91 Å². The Morgan fingerprint density at radius 1 is 0.788 bits per heavy atom. The number of carbonyl (C=O) groups excluding carboxylic acids is 3. The number of carbonyl (C=O) groups is 3. The first-order valence-corrected chi connectivity index (χ1v) is 10.8. The zero-order chi connectivity index (χ0) is 23.6. The quantitative estimate of drug-likeness (QED) is 0.450. The Labute approximate surface area is 193 Å². The van der Waals surface area contributed by atoms with Gasteiger partial charge >= 0.3 is 0 Å². The molecule has 1 unspecified atom stereocenters. The maximum absolute atomic E-state index is 12.5. The van der Waals surface area contributed by atoms with Gasteiger partial charge in [0.25, 0.3) is 11.8 Å². The van der Waals surface area contributed by atoms with Crippen molar-refractivity contribution < 1.29 is 19.1 Å². The summed E-state index contributed by atoms with van der Waals surface area (Å²) < 4.78 is 5.81. The second-order valence-electron chi connectivity index (χ2n) is 7.33. The van der Waals surface area contributed by atoms with Gasteiger partial charge in [0.1, 0.15) is 5.75 Å². The Morgan fingerprint density at radius 3 is 2.03 bits per heavy atom. The molecule has 33 heavy (non-hydrogen) atoms. The molecule has 0 radical (unpaired) electrons. The number of hydrazine groups is 1. The van der Waals surface area contributed by atoms with E-state index >= 15 is 0 Å². The Morgan fingerprint density at radius 2 is 1.42 bits per heavy atom. The van der Waals surface area contributed by atoms with E-state index < -0.39 is 17.9 Å². The van der Waals surface area contributed by atoms with Crippen molar-refractivity contribution in [3.63, 3.8) is 0 Å². The van der Waals surface area contributed by atoms with E-state index in [1.807, 2.05) is 61.5 Å². The predicted molar refractivity (Wildman–Crippen MR) is 128 cm³/mol. The third-order valence-electron chi connectivity index (χ3n) is 4.95. The summed E-state index contributed by atoms with van der Waals surface area (Å²) in [7, 11) is 0. The first-order valence-electron chi connectivity index (χ1n) is 10.8. The lowest BCUT2D eigenvalue weighted by Crippen LogP contribution is -2.47. The molecular formula is C26H27N3O4. The number of nitrogens with one attached hydrogen (secondary N) is 3. The summed E-state index contributed by atoms with van der Waals surface area (Å²) in [6.45, 7) is 3.58. The van der Waals surface area contributed by atoms with Crippen LogP contribution < -0.4 is 20.9 Å². The average Bonchev–Trinajstić information content (AvgIpc) is 2.86. The van der Waals surface area contributed by atoms with Crippen molar-refractivity contribution in [2.45, 2.75) is 32.8 Å². The summed E-state index contributed by atoms with van der Waals surface area (Å²) in [5.74, 6) is -0.476. The van der Waals surface area contributed by atoms with Gasteiger partial charge in [0.15, 0.2) is 6.10 Å². The van der Waals surface area contributed by atoms with E-state index in [9.17, 15) is 14.4 Å². The largest absolute Gasteiger partial charge is 0.481 e. The molecule has 3 aromatic rings. The second kappa shape index (κ2) is 11.5. The molecule has 170 valence electrons. The van der Waals surface area contributed by atoms with E-state index in [1.54, 1.807) is 31.2 Å². The fraction of sp³-hybridized carbons (Fsp3) is 0.192. The first kappa shape index (κ1) is 23.5. The molecule has 0 aliphatic heterocycles. The first-order chi connectivity index (χ1) is 16.0. The standard InChI is InChI=1S/C26H27N3O4/c1-3-23(33-22-16-12-19(13-17-22)18-8-6-5-7-9-18)26(32)29-28-25(31)20-10-14-21(15-11-20)27-24(30)4-2/h5-17,23H,3-4H2,1-2H3,(H,27,30)(H,28,31)(H,29,32). The molecule has 7 heteroatoms. The Hall–Kier alpha value is -4.13. The van der Waals surface area contributed by atoms with Gasteiger partial charge in [-0.3, -0.25) is 25.2 Å². The van der Waals surface area contributed by atoms with Crippen LogP contribution in [0.3, 0.4) is 0 Å². The van der Waals surface area contributed by atoms with Gasteiger partial charge in [-0.25, -0.2) is 0 Å². The minimum atomic E-state index is -0.764. The van der Waals surface area contributed by atoms with Crippen molar-refractivity contribution in [2.24, 2.45) is 0 Å². The number of benzene rings is 3. The molecule has 0 aromatic heterocycles. The van der Waals surface area contributed by atoms with E-state index in [2.05, 4.69) is 16.2 Å². The Balaban J connectivity index is 1.53. The molecule has 3 N–H and O–H groups in total. The highest BCUT2D eigenvalue weighted by atomic mass is 16.5. The number of hydrogen-bond donors (Lipinski definition) is 3. The summed E-state index contributed by atoms with van der Waals surface area (Å²) in [4.78, 5) is 36.3. The molecule has 0 heterocycles. The summed E-state index contributed by atoms with van der Waals surface area (Å²) in [5, 5.41) is 2.71. The van der Waals surface area contributed by atoms with Crippen LogP contribution in [0.2, 0.25) is 0 Å². The van der Waals surface area contributed by atoms with Crippen LogP contribution in [-0.4, -0.2) is 23.8 Å². The second-order valence-corrected chi connectivity index (χ2v) is 7.33. The van der Waals surface area contributed by atoms with Gasteiger partial charge in [-0.2, -0.15) is 0 Å². The number of ether oxygens (including phenoxy) is 1. The van der Waals surface area contributed by atoms with Crippen LogP contribution >= 0.6 is 0 Å². The predicted octanol–water partition coefficient (Wildman–Crippen LogP) is 4.32. The van der Waals surface area contributed by atoms with E-state index in [0.717, 1.165) is 11.1 Å². The van der Waals surface area contributed by atoms with E-state index in [1.165, 1.54) is 0 Å². The fourth-order valence-electron chi connectivity index (χ4n) is 3.07. The lowest BCUT2D eigenvalue weighted by atomic mass is 10.1. The van der Waals surface area contributed by atoms with Crippen LogP contribution in [0.5, 0.6) is 5.75 Å². The highest BCUT2D eigenvalue weighted by Gasteiger charge is 2.19. The average molecular weight is 446 g/mol. The van der Waals surface area contributed by atoms with Gasteiger partial charge in [0, 0.05) is 17.7 Å². The zero-order valence-electron chi connectivity index (χ0n) is 18.6. The fourth-order valence-corrected chi connectivity index (χ4v) is 3.07. The van der Waals surface area contributed by atoms with Gasteiger partial charge in [-0.05, 0) is 53.9 Å². The molecule has 3 rings (SSSR count). The minimum Gasteiger partial charge on any atom is -0.481 e. The number of rotatable bonds is 8. The van der Waals surface area contributed by atoms with Crippen molar-refractivity contribution in [2.75, 3.05) is 5.32 Å². The van der Waals surface area contributed by atoms with Crippen molar-refractivity contribution in [1.82, 2.24) is 10.9 Å². The van der Waals surface area contributed by atoms with Crippen LogP contribution in [0.4, 0.5) is 5.69 Å². The van der Waals surface area contributed by atoms with Gasteiger partial charge in [-0.15, -0.1) is 0 Å². The third kappa shape index (κ3) is 6.67. The zero-order valence-corrected chi connectivity index (χ0v) is 18.6. The molecular weight excluding hydrogens is 418 g/mol. The number of hydrogen-bond acceptors (Lipinski definition) is 4. The molecule has 3 aromatic carbocycles. The molecule has 0 aliphatic rings. The van der Waals surface area contributed by atoms with Gasteiger partial charge in [0.05, 0.1) is 0 Å². The lowest BCUT2D eigenvalue weighted by Gasteiger charge is -2.18. The van der Waals surface area contributed by atoms with Crippen LogP contribution in [0, 0.1) is 0 Å². The van der Waals surface area contributed by atoms with Crippen molar-refractivity contribution in [3.8, 4) is 16.9 Å². The molecule has 0 fully saturated rings. The Bertz CT molecular complexity index is 1080. The third-order valence-corrected chi connectivity index (χ3v) is 4.95. The van der Waals surface area contributed by atoms with Gasteiger partial charge in [0.2, 0.25) is 5.91 Å². The summed E-state index contributed by atoms with van der Waals surface area (Å²) in [5.41, 5.74) is 7.89. The van der Waals surface area contributed by atoms with Gasteiger partial charge in [-0.1, -0.05) is 56.3 Å². The van der Waals surface area contributed by atoms with Crippen molar-refractivity contribution in [3.05, 3.63) is 84.4 Å². The van der Waals surface area contributed by atoms with E-state index in [0.29, 0.717) is 29.8 Å². The van der Waals surface area contributed by atoms with Gasteiger partial charge < -0.3 is 10.1 Å². The summed E-state index contributed by atoms with van der Waals surface area (Å²) >= 11 is 0. The topological polar surface area (TPSA) is 96.5 Å². The lowest BCUT2D eigenvalue weighted by molar-refractivity contribution is -0.128. The maximum atomic E-state index is 12.5. The van der Waals surface area contributed by atoms with Crippen LogP contribution in [0.1, 0.15) is 37.0 Å². The molecule has 0 spiro atoms. The number of amides is 3. The molecule has 0 saturated carbocycles. The maximum Gasteiger partial charge on any atom is 0.279 e.